The minimum atomic E-state index is -0.418. The molecule has 0 spiro atoms. The fourth-order valence-corrected chi connectivity index (χ4v) is 2.15. The van der Waals surface area contributed by atoms with E-state index in [1.165, 1.54) is 24.3 Å². The second kappa shape index (κ2) is 3.34. The van der Waals surface area contributed by atoms with Crippen LogP contribution in [0.1, 0.15) is 11.1 Å². The maximum absolute atomic E-state index is 13.2. The summed E-state index contributed by atoms with van der Waals surface area (Å²) in [5.41, 5.74) is 11.6. The number of nitrogens with zero attached hydrogens (tertiary/aromatic N) is 2. The predicted molar refractivity (Wildman–Crippen MR) is 58.6 cm³/mol. The van der Waals surface area contributed by atoms with Gasteiger partial charge in [-0.15, -0.1) is 0 Å². The molecule has 4 heteroatoms. The van der Waals surface area contributed by atoms with E-state index in [2.05, 4.69) is 4.79 Å². The quantitative estimate of drug-likeness (QED) is 0.419. The molecule has 2 aromatic rings. The summed E-state index contributed by atoms with van der Waals surface area (Å²) in [5, 5.41) is 0. The van der Waals surface area contributed by atoms with E-state index in [1.807, 2.05) is 0 Å². The Hall–Kier alpha value is -2.32. The van der Waals surface area contributed by atoms with Gasteiger partial charge in [0.15, 0.2) is 0 Å². The lowest BCUT2D eigenvalue weighted by atomic mass is 10.1. The molecule has 1 aliphatic rings. The van der Waals surface area contributed by atoms with Gasteiger partial charge in [-0.25, -0.2) is 8.78 Å². The lowest BCUT2D eigenvalue weighted by molar-refractivity contribution is -0.00247. The first kappa shape index (κ1) is 9.87. The van der Waals surface area contributed by atoms with E-state index in [-0.39, 0.29) is 5.71 Å². The van der Waals surface area contributed by atoms with E-state index in [9.17, 15) is 8.78 Å². The Labute approximate surface area is 95.8 Å². The third kappa shape index (κ3) is 1.31. The van der Waals surface area contributed by atoms with E-state index < -0.39 is 11.6 Å². The summed E-state index contributed by atoms with van der Waals surface area (Å²) in [5.74, 6) is -0.837. The molecule has 0 unspecified atom stereocenters. The van der Waals surface area contributed by atoms with Gasteiger partial charge in [-0.3, -0.25) is 0 Å². The maximum atomic E-state index is 13.2. The first-order valence-corrected chi connectivity index (χ1v) is 5.03. The van der Waals surface area contributed by atoms with Crippen molar-refractivity contribution < 1.29 is 13.6 Å². The van der Waals surface area contributed by atoms with E-state index in [0.717, 1.165) is 11.1 Å². The average Bonchev–Trinajstić information content (AvgIpc) is 2.60. The molecule has 1 aliphatic carbocycles. The van der Waals surface area contributed by atoms with Crippen molar-refractivity contribution in [2.45, 2.75) is 0 Å². The van der Waals surface area contributed by atoms with Crippen LogP contribution in [0.25, 0.3) is 16.7 Å². The highest BCUT2D eigenvalue weighted by atomic mass is 19.1. The summed E-state index contributed by atoms with van der Waals surface area (Å²) in [6.45, 7) is 0. The molecular weight excluding hydrogens is 222 g/mol. The van der Waals surface area contributed by atoms with Crippen LogP contribution in [0.2, 0.25) is 0 Å². The van der Waals surface area contributed by atoms with Crippen molar-refractivity contribution in [1.82, 2.24) is 0 Å². The average molecular weight is 228 g/mol. The molecule has 0 bridgehead atoms. The van der Waals surface area contributed by atoms with Crippen molar-refractivity contribution in [2.24, 2.45) is 0 Å². The molecule has 0 aromatic heterocycles. The third-order valence-electron chi connectivity index (χ3n) is 2.86. The minimum Gasteiger partial charge on any atom is -0.361 e. The largest absolute Gasteiger partial charge is 0.361 e. The van der Waals surface area contributed by atoms with Crippen molar-refractivity contribution in [3.63, 3.8) is 0 Å². The van der Waals surface area contributed by atoms with E-state index in [4.69, 9.17) is 5.53 Å². The second-order valence-corrected chi connectivity index (χ2v) is 3.83. The van der Waals surface area contributed by atoms with Gasteiger partial charge in [-0.2, -0.15) is 4.79 Å². The Balaban J connectivity index is 2.41. The summed E-state index contributed by atoms with van der Waals surface area (Å²) in [7, 11) is 0. The molecule has 17 heavy (non-hydrogen) atoms. The highest BCUT2D eigenvalue weighted by Gasteiger charge is 2.31. The Morgan fingerprint density at radius 2 is 1.24 bits per heavy atom. The van der Waals surface area contributed by atoms with Gasteiger partial charge in [-0.05, 0) is 35.4 Å². The Morgan fingerprint density at radius 1 is 0.765 bits per heavy atom. The maximum Gasteiger partial charge on any atom is 0.331 e. The number of hydrogen-bond donors (Lipinski definition) is 0. The molecule has 3 rings (SSSR count). The normalized spacial score (nSPS) is 12.0. The van der Waals surface area contributed by atoms with Gasteiger partial charge in [0.1, 0.15) is 11.6 Å². The third-order valence-corrected chi connectivity index (χ3v) is 2.86. The molecule has 0 atom stereocenters. The van der Waals surface area contributed by atoms with E-state index in [0.29, 0.717) is 11.1 Å². The molecule has 82 valence electrons. The van der Waals surface area contributed by atoms with Gasteiger partial charge in [0, 0.05) is 0 Å². The van der Waals surface area contributed by atoms with Crippen molar-refractivity contribution in [3.05, 3.63) is 64.7 Å². The van der Waals surface area contributed by atoms with Crippen LogP contribution in [0.15, 0.2) is 36.4 Å². The SMILES string of the molecule is [N-]=[N+]=C1c2cc(F)ccc2-c2ccc(F)cc21. The molecule has 0 amide bonds. The lowest BCUT2D eigenvalue weighted by Crippen LogP contribution is -2.00. The summed E-state index contributed by atoms with van der Waals surface area (Å²) < 4.78 is 26.3. The number of fused-ring (bicyclic) bond motifs is 3. The Morgan fingerprint density at radius 3 is 1.65 bits per heavy atom. The highest BCUT2D eigenvalue weighted by molar-refractivity contribution is 6.21. The molecule has 2 nitrogen and oxygen atoms in total. The molecule has 0 heterocycles. The van der Waals surface area contributed by atoms with Crippen LogP contribution in [-0.4, -0.2) is 10.5 Å². The van der Waals surface area contributed by atoms with Crippen LogP contribution in [0.4, 0.5) is 8.78 Å². The zero-order valence-corrected chi connectivity index (χ0v) is 8.61. The fraction of sp³-hybridized carbons (Fsp3) is 0. The first-order valence-electron chi connectivity index (χ1n) is 5.03. The van der Waals surface area contributed by atoms with Gasteiger partial charge in [0.25, 0.3) is 0 Å². The monoisotopic (exact) mass is 228 g/mol. The smallest absolute Gasteiger partial charge is 0.331 e. The number of hydrogen-bond acceptors (Lipinski definition) is 0. The van der Waals surface area contributed by atoms with Gasteiger partial charge < -0.3 is 5.53 Å². The highest BCUT2D eigenvalue weighted by Crippen LogP contribution is 2.36. The topological polar surface area (TPSA) is 36.4 Å². The molecule has 0 radical (unpaired) electrons. The molecular formula is C13H6F2N2. The fourth-order valence-electron chi connectivity index (χ4n) is 2.15. The zero-order chi connectivity index (χ0) is 12.0. The molecule has 0 saturated heterocycles. The first-order chi connectivity index (χ1) is 8.20. The molecule has 0 fully saturated rings. The van der Waals surface area contributed by atoms with Crippen LogP contribution in [0.3, 0.4) is 0 Å². The van der Waals surface area contributed by atoms with Crippen molar-refractivity contribution in [3.8, 4) is 11.1 Å². The van der Waals surface area contributed by atoms with E-state index in [1.54, 1.807) is 12.1 Å². The molecule has 0 saturated carbocycles. The number of rotatable bonds is 0. The summed E-state index contributed by atoms with van der Waals surface area (Å²) >= 11 is 0. The molecule has 0 N–H and O–H groups in total. The minimum absolute atomic E-state index is 0.203. The van der Waals surface area contributed by atoms with Gasteiger partial charge in [0.2, 0.25) is 0 Å². The second-order valence-electron chi connectivity index (χ2n) is 3.83. The molecule has 2 aromatic carbocycles. The van der Waals surface area contributed by atoms with Gasteiger partial charge >= 0.3 is 5.71 Å². The van der Waals surface area contributed by atoms with Gasteiger partial charge in [-0.1, -0.05) is 12.1 Å². The standard InChI is InChI=1S/C13H6F2N2/c14-7-1-3-9-10-4-2-8(15)6-12(10)13(17-16)11(9)5-7/h1-6H. The molecule has 0 aliphatic heterocycles. The van der Waals surface area contributed by atoms with Crippen LogP contribution in [0, 0.1) is 11.6 Å². The predicted octanol–water partition coefficient (Wildman–Crippen LogP) is 3.01. The van der Waals surface area contributed by atoms with E-state index >= 15 is 0 Å². The summed E-state index contributed by atoms with van der Waals surface area (Å²) in [6.07, 6.45) is 0. The summed E-state index contributed by atoms with van der Waals surface area (Å²) in [6, 6.07) is 8.41. The summed E-state index contributed by atoms with van der Waals surface area (Å²) in [4.78, 5) is 3.14. The van der Waals surface area contributed by atoms with Crippen molar-refractivity contribution in [1.29, 1.82) is 0 Å². The Kier molecular flexibility index (Phi) is 1.94. The van der Waals surface area contributed by atoms with Crippen LogP contribution >= 0.6 is 0 Å². The van der Waals surface area contributed by atoms with Crippen molar-refractivity contribution in [2.75, 3.05) is 0 Å². The van der Waals surface area contributed by atoms with Crippen molar-refractivity contribution >= 4 is 5.71 Å². The number of benzene rings is 2. The van der Waals surface area contributed by atoms with Crippen LogP contribution in [0.5, 0.6) is 0 Å². The van der Waals surface area contributed by atoms with Crippen LogP contribution < -0.4 is 0 Å². The van der Waals surface area contributed by atoms with Gasteiger partial charge in [0.05, 0.1) is 11.1 Å². The van der Waals surface area contributed by atoms with Crippen LogP contribution in [-0.2, 0) is 0 Å². The number of halogens is 2. The Bertz CT molecular complexity index is 632. The zero-order valence-electron chi connectivity index (χ0n) is 8.61. The lowest BCUT2D eigenvalue weighted by Gasteiger charge is -1.97.